The van der Waals surface area contributed by atoms with Crippen molar-refractivity contribution in [3.05, 3.63) is 70.5 Å². The van der Waals surface area contributed by atoms with Crippen molar-refractivity contribution in [1.29, 1.82) is 0 Å². The van der Waals surface area contributed by atoms with Gasteiger partial charge in [-0.2, -0.15) is 26.3 Å². The highest BCUT2D eigenvalue weighted by atomic mass is 19.4. The topological polar surface area (TPSA) is 49.9 Å². The number of nitrogens with zero attached hydrogens (tertiary/aromatic N) is 2. The van der Waals surface area contributed by atoms with E-state index in [1.807, 2.05) is 0 Å². The van der Waals surface area contributed by atoms with Crippen LogP contribution in [0.2, 0.25) is 0 Å². The average Bonchev–Trinajstić information content (AvgIpc) is 2.80. The number of halogens is 7. The fourth-order valence-corrected chi connectivity index (χ4v) is 4.37. The van der Waals surface area contributed by atoms with Gasteiger partial charge in [0.2, 0.25) is 0 Å². The Morgan fingerprint density at radius 3 is 1.92 bits per heavy atom. The third-order valence-corrected chi connectivity index (χ3v) is 6.18. The molecular formula is C26H27F7N2O3. The summed E-state index contributed by atoms with van der Waals surface area (Å²) in [5.41, 5.74) is -4.23. The molecule has 208 valence electrons. The van der Waals surface area contributed by atoms with Crippen molar-refractivity contribution in [3.63, 3.8) is 0 Å². The monoisotopic (exact) mass is 548 g/mol. The minimum Gasteiger partial charge on any atom is -0.444 e. The van der Waals surface area contributed by atoms with Crippen molar-refractivity contribution in [3.8, 4) is 0 Å². The van der Waals surface area contributed by atoms with Gasteiger partial charge in [-0.15, -0.1) is 0 Å². The molecule has 2 atom stereocenters. The van der Waals surface area contributed by atoms with Gasteiger partial charge in [-0.3, -0.25) is 4.79 Å². The Morgan fingerprint density at radius 2 is 1.45 bits per heavy atom. The lowest BCUT2D eigenvalue weighted by Crippen LogP contribution is -2.52. The zero-order valence-corrected chi connectivity index (χ0v) is 21.1. The Balaban J connectivity index is 1.97. The van der Waals surface area contributed by atoms with Gasteiger partial charge in [0.15, 0.2) is 0 Å². The van der Waals surface area contributed by atoms with Crippen LogP contribution in [0.25, 0.3) is 0 Å². The summed E-state index contributed by atoms with van der Waals surface area (Å²) in [7, 11) is 1.28. The summed E-state index contributed by atoms with van der Waals surface area (Å²) in [6.45, 7) is 5.20. The maximum Gasteiger partial charge on any atom is 0.416 e. The van der Waals surface area contributed by atoms with E-state index >= 15 is 0 Å². The molecule has 1 aliphatic heterocycles. The van der Waals surface area contributed by atoms with Crippen LogP contribution in [0.1, 0.15) is 60.2 Å². The van der Waals surface area contributed by atoms with E-state index in [1.165, 1.54) is 36.2 Å². The van der Waals surface area contributed by atoms with E-state index in [1.54, 1.807) is 20.8 Å². The first-order chi connectivity index (χ1) is 17.4. The number of alkyl halides is 6. The van der Waals surface area contributed by atoms with E-state index in [2.05, 4.69) is 0 Å². The first-order valence-corrected chi connectivity index (χ1v) is 11.7. The molecule has 0 aromatic heterocycles. The molecule has 38 heavy (non-hydrogen) atoms. The lowest BCUT2D eigenvalue weighted by molar-refractivity contribution is -0.143. The van der Waals surface area contributed by atoms with Crippen molar-refractivity contribution in [1.82, 2.24) is 9.80 Å². The van der Waals surface area contributed by atoms with Crippen LogP contribution >= 0.6 is 0 Å². The second-order valence-electron chi connectivity index (χ2n) is 10.2. The average molecular weight is 548 g/mol. The predicted molar refractivity (Wildman–Crippen MR) is 124 cm³/mol. The number of carbonyl (C=O) groups is 2. The van der Waals surface area contributed by atoms with Gasteiger partial charge in [-0.25, -0.2) is 9.18 Å². The molecule has 1 aliphatic rings. The molecule has 1 fully saturated rings. The quantitative estimate of drug-likeness (QED) is 0.400. The molecular weight excluding hydrogens is 521 g/mol. The summed E-state index contributed by atoms with van der Waals surface area (Å²) in [6, 6.07) is 5.28. The molecule has 0 spiro atoms. The predicted octanol–water partition coefficient (Wildman–Crippen LogP) is 6.73. The van der Waals surface area contributed by atoms with Crippen LogP contribution in [0.3, 0.4) is 0 Å². The van der Waals surface area contributed by atoms with E-state index in [9.17, 15) is 40.3 Å². The van der Waals surface area contributed by atoms with Crippen molar-refractivity contribution >= 4 is 12.0 Å². The van der Waals surface area contributed by atoms with Gasteiger partial charge in [-0.05, 0) is 63.1 Å². The molecule has 2 amide bonds. The summed E-state index contributed by atoms with van der Waals surface area (Å²) in [6.07, 6.45) is -10.7. The van der Waals surface area contributed by atoms with Crippen molar-refractivity contribution in [2.75, 3.05) is 20.1 Å². The van der Waals surface area contributed by atoms with Gasteiger partial charge < -0.3 is 14.5 Å². The van der Waals surface area contributed by atoms with E-state index < -0.39 is 64.4 Å². The number of ether oxygens (including phenoxy) is 1. The fourth-order valence-electron chi connectivity index (χ4n) is 4.37. The Labute approximate surface area is 215 Å². The van der Waals surface area contributed by atoms with Crippen LogP contribution in [0.4, 0.5) is 35.5 Å². The zero-order valence-electron chi connectivity index (χ0n) is 21.1. The third-order valence-electron chi connectivity index (χ3n) is 6.18. The van der Waals surface area contributed by atoms with Crippen molar-refractivity contribution in [2.45, 2.75) is 57.1 Å². The summed E-state index contributed by atoms with van der Waals surface area (Å²) in [5.74, 6) is -2.21. The molecule has 3 rings (SSSR count). The van der Waals surface area contributed by atoms with E-state index in [0.29, 0.717) is 17.7 Å². The molecule has 0 N–H and O–H groups in total. The molecule has 2 aromatic rings. The van der Waals surface area contributed by atoms with Gasteiger partial charge in [0.05, 0.1) is 11.1 Å². The Bertz CT molecular complexity index is 1140. The van der Waals surface area contributed by atoms with Gasteiger partial charge in [0, 0.05) is 37.7 Å². The second-order valence-corrected chi connectivity index (χ2v) is 10.2. The fraction of sp³-hybridized carbons (Fsp3) is 0.462. The number of hydrogen-bond acceptors (Lipinski definition) is 3. The Morgan fingerprint density at radius 1 is 0.921 bits per heavy atom. The SMILES string of the molecule is CN(C(=O)c1cc(C(F)(F)F)cc(C(F)(F)F)c1)[C@@H]1CCN(C(=O)OC(C)(C)C)C[C@H]1c1ccc(F)cc1. The minimum absolute atomic E-state index is 0.0270. The molecule has 0 radical (unpaired) electrons. The van der Waals surface area contributed by atoms with Crippen LogP contribution < -0.4 is 0 Å². The number of amides is 2. The smallest absolute Gasteiger partial charge is 0.416 e. The first-order valence-electron chi connectivity index (χ1n) is 11.7. The lowest BCUT2D eigenvalue weighted by atomic mass is 9.85. The highest BCUT2D eigenvalue weighted by Gasteiger charge is 2.40. The summed E-state index contributed by atoms with van der Waals surface area (Å²) in [5, 5.41) is 0. The number of piperidine rings is 1. The second kappa shape index (κ2) is 10.5. The van der Waals surface area contributed by atoms with E-state index in [0.717, 1.165) is 4.90 Å². The van der Waals surface area contributed by atoms with Crippen molar-refractivity contribution in [2.24, 2.45) is 0 Å². The molecule has 0 unspecified atom stereocenters. The molecule has 1 saturated heterocycles. The molecule has 2 aromatic carbocycles. The zero-order chi connectivity index (χ0) is 28.6. The van der Waals surface area contributed by atoms with Crippen LogP contribution in [0, 0.1) is 5.82 Å². The lowest BCUT2D eigenvalue weighted by Gasteiger charge is -2.43. The van der Waals surface area contributed by atoms with Crippen LogP contribution in [-0.2, 0) is 17.1 Å². The molecule has 1 heterocycles. The molecule has 0 saturated carbocycles. The van der Waals surface area contributed by atoms with Crippen LogP contribution in [0.5, 0.6) is 0 Å². The van der Waals surface area contributed by atoms with E-state index in [4.69, 9.17) is 4.74 Å². The number of likely N-dealkylation sites (N-methyl/N-ethyl adjacent to an activating group) is 1. The standard InChI is InChI=1S/C26H27F7N2O3/c1-24(2,3)38-23(37)35-10-9-21(20(14-35)15-5-7-19(27)8-6-15)34(4)22(36)16-11-17(25(28,29)30)13-18(12-16)26(31,32)33/h5-8,11-13,20-21H,9-10,14H2,1-4H3/t20-,21+/m0/s1. The molecule has 0 bridgehead atoms. The summed E-state index contributed by atoms with van der Waals surface area (Å²) < 4.78 is 99.0. The van der Waals surface area contributed by atoms with Crippen molar-refractivity contribution < 1.29 is 45.1 Å². The number of carbonyl (C=O) groups excluding carboxylic acids is 2. The van der Waals surface area contributed by atoms with Crippen LogP contribution in [0.15, 0.2) is 42.5 Å². The molecule has 0 aliphatic carbocycles. The number of benzene rings is 2. The Kier molecular flexibility index (Phi) is 8.05. The Hall–Kier alpha value is -3.31. The number of hydrogen-bond donors (Lipinski definition) is 0. The maximum absolute atomic E-state index is 13.6. The number of rotatable bonds is 3. The minimum atomic E-state index is -5.11. The van der Waals surface area contributed by atoms with Crippen LogP contribution in [-0.4, -0.2) is 53.6 Å². The first kappa shape index (κ1) is 29.2. The normalized spacial score (nSPS) is 18.8. The highest BCUT2D eigenvalue weighted by molar-refractivity contribution is 5.95. The maximum atomic E-state index is 13.6. The third kappa shape index (κ3) is 6.96. The van der Waals surface area contributed by atoms with Gasteiger partial charge in [0.1, 0.15) is 11.4 Å². The highest BCUT2D eigenvalue weighted by Crippen LogP contribution is 2.37. The largest absolute Gasteiger partial charge is 0.444 e. The van der Waals surface area contributed by atoms with Gasteiger partial charge in [-0.1, -0.05) is 12.1 Å². The molecule has 12 heteroatoms. The molecule has 5 nitrogen and oxygen atoms in total. The van der Waals surface area contributed by atoms with E-state index in [-0.39, 0.29) is 25.6 Å². The van der Waals surface area contributed by atoms with Gasteiger partial charge in [0.25, 0.3) is 5.91 Å². The summed E-state index contributed by atoms with van der Waals surface area (Å²) in [4.78, 5) is 28.4. The summed E-state index contributed by atoms with van der Waals surface area (Å²) >= 11 is 0. The van der Waals surface area contributed by atoms with Gasteiger partial charge >= 0.3 is 18.4 Å². The number of likely N-dealkylation sites (tertiary alicyclic amines) is 1.